The summed E-state index contributed by atoms with van der Waals surface area (Å²) in [7, 11) is 0. The molecule has 1 heterocycles. The van der Waals surface area contributed by atoms with Crippen LogP contribution in [0.2, 0.25) is 0 Å². The van der Waals surface area contributed by atoms with Crippen molar-refractivity contribution in [2.24, 2.45) is 5.41 Å². The second-order valence-corrected chi connectivity index (χ2v) is 10.2. The van der Waals surface area contributed by atoms with Gasteiger partial charge >= 0.3 is 18.5 Å². The van der Waals surface area contributed by atoms with Gasteiger partial charge in [-0.3, -0.25) is 0 Å². The van der Waals surface area contributed by atoms with Crippen LogP contribution in [0.4, 0.5) is 45.2 Å². The fraction of sp³-hybridized carbons (Fsp3) is 0.520. The second kappa shape index (κ2) is 9.46. The first-order chi connectivity index (χ1) is 16.3. The molecular weight excluding hydrogens is 499 g/mol. The van der Waals surface area contributed by atoms with E-state index in [1.54, 1.807) is 0 Å². The van der Waals surface area contributed by atoms with Crippen LogP contribution in [-0.2, 0) is 25.1 Å². The molecule has 0 amide bonds. The van der Waals surface area contributed by atoms with E-state index in [0.717, 1.165) is 6.07 Å². The molecule has 0 aromatic heterocycles. The number of fused-ring (bicyclic) bond motifs is 1. The SMILES string of the molecule is Cc1cc2c(cc1C(F)(F)F)N[C@H](C(C)(C)C)CCC2NCc1cc(C(F)(F)F)cc(C(F)(F)F)c1. The minimum absolute atomic E-state index is 0.0255. The highest BCUT2D eigenvalue weighted by Crippen LogP contribution is 2.42. The molecule has 3 rings (SSSR count). The van der Waals surface area contributed by atoms with Crippen molar-refractivity contribution in [3.8, 4) is 0 Å². The minimum atomic E-state index is -4.97. The average molecular weight is 526 g/mol. The van der Waals surface area contributed by atoms with Crippen LogP contribution in [0.1, 0.15) is 73.0 Å². The zero-order valence-corrected chi connectivity index (χ0v) is 20.1. The van der Waals surface area contributed by atoms with Crippen molar-refractivity contribution in [2.45, 2.75) is 77.7 Å². The van der Waals surface area contributed by atoms with Crippen molar-refractivity contribution in [1.82, 2.24) is 5.32 Å². The normalized spacial score (nSPS) is 19.5. The fourth-order valence-corrected chi connectivity index (χ4v) is 4.42. The lowest BCUT2D eigenvalue weighted by atomic mass is 9.84. The van der Waals surface area contributed by atoms with Crippen LogP contribution in [0, 0.1) is 12.3 Å². The molecule has 2 aromatic rings. The summed E-state index contributed by atoms with van der Waals surface area (Å²) in [5.74, 6) is 0. The number of nitrogens with one attached hydrogen (secondary N) is 2. The van der Waals surface area contributed by atoms with Gasteiger partial charge in [0.2, 0.25) is 0 Å². The Hall–Kier alpha value is -2.43. The Bertz CT molecular complexity index is 1060. The second-order valence-electron chi connectivity index (χ2n) is 10.2. The number of anilines is 1. The molecule has 1 aliphatic rings. The van der Waals surface area contributed by atoms with Gasteiger partial charge in [0.25, 0.3) is 0 Å². The van der Waals surface area contributed by atoms with Gasteiger partial charge in [-0.2, -0.15) is 39.5 Å². The van der Waals surface area contributed by atoms with Crippen LogP contribution in [-0.4, -0.2) is 6.04 Å². The summed E-state index contributed by atoms with van der Waals surface area (Å²) in [5.41, 5.74) is -3.51. The van der Waals surface area contributed by atoms with Gasteiger partial charge in [-0.25, -0.2) is 0 Å². The van der Waals surface area contributed by atoms with E-state index in [2.05, 4.69) is 10.6 Å². The van der Waals surface area contributed by atoms with Gasteiger partial charge in [0, 0.05) is 24.3 Å². The Morgan fingerprint density at radius 3 is 1.81 bits per heavy atom. The van der Waals surface area contributed by atoms with Crippen LogP contribution < -0.4 is 10.6 Å². The monoisotopic (exact) mass is 526 g/mol. The van der Waals surface area contributed by atoms with E-state index < -0.39 is 41.3 Å². The third-order valence-corrected chi connectivity index (χ3v) is 6.40. The van der Waals surface area contributed by atoms with Gasteiger partial charge in [-0.15, -0.1) is 0 Å². The largest absolute Gasteiger partial charge is 0.416 e. The molecule has 200 valence electrons. The van der Waals surface area contributed by atoms with E-state index >= 15 is 0 Å². The summed E-state index contributed by atoms with van der Waals surface area (Å²) in [6, 6.07) is 2.95. The highest BCUT2D eigenvalue weighted by molar-refractivity contribution is 5.59. The van der Waals surface area contributed by atoms with Gasteiger partial charge < -0.3 is 10.6 Å². The minimum Gasteiger partial charge on any atom is -0.382 e. The molecule has 11 heteroatoms. The first kappa shape index (κ1) is 28.1. The number of hydrogen-bond acceptors (Lipinski definition) is 2. The molecule has 2 aromatic carbocycles. The molecule has 0 fully saturated rings. The van der Waals surface area contributed by atoms with Gasteiger partial charge in [0.1, 0.15) is 0 Å². The number of rotatable bonds is 3. The first-order valence-corrected chi connectivity index (χ1v) is 11.3. The van der Waals surface area contributed by atoms with Gasteiger partial charge in [-0.05, 0) is 66.1 Å². The van der Waals surface area contributed by atoms with Crippen LogP contribution in [0.15, 0.2) is 30.3 Å². The summed E-state index contributed by atoms with van der Waals surface area (Å²) in [5, 5.41) is 6.18. The molecule has 2 N–H and O–H groups in total. The quantitative estimate of drug-likeness (QED) is 0.392. The van der Waals surface area contributed by atoms with E-state index in [9.17, 15) is 39.5 Å². The predicted molar refractivity (Wildman–Crippen MR) is 118 cm³/mol. The molecule has 0 aliphatic carbocycles. The molecule has 0 bridgehead atoms. The molecule has 36 heavy (non-hydrogen) atoms. The Labute approximate surface area is 203 Å². The molecule has 0 saturated carbocycles. The third-order valence-electron chi connectivity index (χ3n) is 6.40. The van der Waals surface area contributed by atoms with Crippen molar-refractivity contribution >= 4 is 5.69 Å². The van der Waals surface area contributed by atoms with Crippen LogP contribution in [0.5, 0.6) is 0 Å². The lowest BCUT2D eigenvalue weighted by Gasteiger charge is -2.31. The van der Waals surface area contributed by atoms with Crippen molar-refractivity contribution in [1.29, 1.82) is 0 Å². The first-order valence-electron chi connectivity index (χ1n) is 11.3. The summed E-state index contributed by atoms with van der Waals surface area (Å²) >= 11 is 0. The standard InChI is InChI=1S/C25H27F9N2/c1-13-7-17-19(5-6-21(22(2,3)4)36-20(17)11-18(13)25(32,33)34)35-12-14-8-15(23(26,27)28)10-16(9-14)24(29,30)31/h7-11,19,21,35-36H,5-6,12H2,1-4H3/t19?,21-/m0/s1. The summed E-state index contributed by atoms with van der Waals surface area (Å²) in [6.45, 7) is 6.76. The van der Waals surface area contributed by atoms with E-state index in [1.807, 2.05) is 20.8 Å². The Kier molecular flexibility index (Phi) is 7.40. The smallest absolute Gasteiger partial charge is 0.382 e. The zero-order chi connectivity index (χ0) is 27.3. The van der Waals surface area contributed by atoms with Crippen molar-refractivity contribution in [2.75, 3.05) is 5.32 Å². The van der Waals surface area contributed by atoms with Gasteiger partial charge in [-0.1, -0.05) is 26.8 Å². The van der Waals surface area contributed by atoms with Crippen LogP contribution in [0.3, 0.4) is 0 Å². The number of alkyl halides is 9. The van der Waals surface area contributed by atoms with Crippen LogP contribution in [0.25, 0.3) is 0 Å². The molecular formula is C25H27F9N2. The summed E-state index contributed by atoms with van der Waals surface area (Å²) in [6.07, 6.45) is -13.6. The lowest BCUT2D eigenvalue weighted by molar-refractivity contribution is -0.143. The van der Waals surface area contributed by atoms with E-state index in [0.29, 0.717) is 30.5 Å². The number of aryl methyl sites for hydroxylation is 1. The Morgan fingerprint density at radius 1 is 0.778 bits per heavy atom. The lowest BCUT2D eigenvalue weighted by Crippen LogP contribution is -2.33. The highest BCUT2D eigenvalue weighted by Gasteiger charge is 2.38. The Balaban J connectivity index is 2.00. The highest BCUT2D eigenvalue weighted by atomic mass is 19.4. The molecule has 1 aliphatic heterocycles. The maximum Gasteiger partial charge on any atom is 0.416 e. The number of hydrogen-bond donors (Lipinski definition) is 2. The van der Waals surface area contributed by atoms with E-state index in [4.69, 9.17) is 0 Å². The molecule has 0 spiro atoms. The predicted octanol–water partition coefficient (Wildman–Crippen LogP) is 8.50. The average Bonchev–Trinajstić information content (AvgIpc) is 2.88. The summed E-state index contributed by atoms with van der Waals surface area (Å²) in [4.78, 5) is 0. The van der Waals surface area contributed by atoms with Crippen LogP contribution >= 0.6 is 0 Å². The van der Waals surface area contributed by atoms with Gasteiger partial charge in [0.05, 0.1) is 16.7 Å². The maximum atomic E-state index is 13.6. The number of halogens is 9. The maximum absolute atomic E-state index is 13.6. The topological polar surface area (TPSA) is 24.1 Å². The molecule has 0 saturated heterocycles. The Morgan fingerprint density at radius 2 is 1.33 bits per heavy atom. The van der Waals surface area contributed by atoms with Gasteiger partial charge in [0.15, 0.2) is 0 Å². The zero-order valence-electron chi connectivity index (χ0n) is 20.1. The fourth-order valence-electron chi connectivity index (χ4n) is 4.42. The molecule has 1 unspecified atom stereocenters. The molecule has 2 nitrogen and oxygen atoms in total. The van der Waals surface area contributed by atoms with Crippen molar-refractivity contribution < 1.29 is 39.5 Å². The van der Waals surface area contributed by atoms with Crippen molar-refractivity contribution in [3.63, 3.8) is 0 Å². The van der Waals surface area contributed by atoms with E-state index in [-0.39, 0.29) is 40.9 Å². The molecule has 0 radical (unpaired) electrons. The third kappa shape index (κ3) is 6.46. The number of benzene rings is 2. The molecule has 2 atom stereocenters. The van der Waals surface area contributed by atoms with E-state index in [1.165, 1.54) is 13.0 Å². The summed E-state index contributed by atoms with van der Waals surface area (Å²) < 4.78 is 120. The van der Waals surface area contributed by atoms with Crippen molar-refractivity contribution in [3.05, 3.63) is 63.7 Å².